The van der Waals surface area contributed by atoms with Gasteiger partial charge in [0, 0.05) is 5.56 Å². The van der Waals surface area contributed by atoms with E-state index in [2.05, 4.69) is 5.32 Å². The van der Waals surface area contributed by atoms with Gasteiger partial charge in [0.1, 0.15) is 11.9 Å². The number of nitrogens with zero attached hydrogens (tertiary/aromatic N) is 1. The SMILES string of the molecule is CCC1C(=O)NC(=O)CN1c1c(F)cccc1[C@@H](C)O. The number of amides is 2. The Morgan fingerprint density at radius 1 is 1.50 bits per heavy atom. The summed E-state index contributed by atoms with van der Waals surface area (Å²) in [5.74, 6) is -1.47. The van der Waals surface area contributed by atoms with Crippen LogP contribution in [0.2, 0.25) is 0 Å². The first kappa shape index (κ1) is 14.5. The van der Waals surface area contributed by atoms with Crippen molar-refractivity contribution in [3.63, 3.8) is 0 Å². The Kier molecular flexibility index (Phi) is 4.04. The second-order valence-electron chi connectivity index (χ2n) is 4.82. The molecule has 2 atom stereocenters. The molecule has 1 saturated heterocycles. The van der Waals surface area contributed by atoms with Crippen LogP contribution in [0.1, 0.15) is 31.9 Å². The second kappa shape index (κ2) is 5.58. The second-order valence-corrected chi connectivity index (χ2v) is 4.82. The third-order valence-electron chi connectivity index (χ3n) is 3.40. The number of hydrogen-bond donors (Lipinski definition) is 2. The molecule has 0 saturated carbocycles. The Bertz CT molecular complexity index is 545. The number of imide groups is 1. The molecule has 6 heteroatoms. The van der Waals surface area contributed by atoms with Crippen LogP contribution in [-0.4, -0.2) is 29.5 Å². The number of anilines is 1. The molecule has 1 aliphatic heterocycles. The largest absolute Gasteiger partial charge is 0.389 e. The van der Waals surface area contributed by atoms with E-state index >= 15 is 0 Å². The van der Waals surface area contributed by atoms with Gasteiger partial charge in [-0.2, -0.15) is 0 Å². The van der Waals surface area contributed by atoms with Crippen LogP contribution in [0.4, 0.5) is 10.1 Å². The molecule has 108 valence electrons. The molecule has 1 aromatic carbocycles. The summed E-state index contributed by atoms with van der Waals surface area (Å²) in [6, 6.07) is 3.72. The van der Waals surface area contributed by atoms with E-state index in [9.17, 15) is 19.1 Å². The third kappa shape index (κ3) is 2.51. The number of carbonyl (C=O) groups excluding carboxylic acids is 2. The summed E-state index contributed by atoms with van der Waals surface area (Å²) in [6.07, 6.45) is -0.453. The van der Waals surface area contributed by atoms with Gasteiger partial charge in [-0.1, -0.05) is 19.1 Å². The van der Waals surface area contributed by atoms with E-state index in [1.54, 1.807) is 13.0 Å². The van der Waals surface area contributed by atoms with Crippen LogP contribution in [0.3, 0.4) is 0 Å². The Morgan fingerprint density at radius 2 is 2.20 bits per heavy atom. The summed E-state index contributed by atoms with van der Waals surface area (Å²) in [7, 11) is 0. The quantitative estimate of drug-likeness (QED) is 0.814. The molecule has 0 bridgehead atoms. The number of para-hydroxylation sites is 1. The first-order valence-electron chi connectivity index (χ1n) is 6.52. The zero-order valence-electron chi connectivity index (χ0n) is 11.4. The van der Waals surface area contributed by atoms with Gasteiger partial charge in [-0.05, 0) is 19.4 Å². The van der Waals surface area contributed by atoms with Crippen LogP contribution in [-0.2, 0) is 9.59 Å². The van der Waals surface area contributed by atoms with Crippen molar-refractivity contribution in [2.75, 3.05) is 11.4 Å². The maximum Gasteiger partial charge on any atom is 0.249 e. The fourth-order valence-electron chi connectivity index (χ4n) is 2.48. The summed E-state index contributed by atoms with van der Waals surface area (Å²) in [5, 5.41) is 12.0. The number of hydrogen-bond acceptors (Lipinski definition) is 4. The van der Waals surface area contributed by atoms with Crippen molar-refractivity contribution in [3.8, 4) is 0 Å². The average molecular weight is 280 g/mol. The molecule has 0 radical (unpaired) electrons. The maximum absolute atomic E-state index is 14.2. The minimum absolute atomic E-state index is 0.106. The molecule has 0 aromatic heterocycles. The number of rotatable bonds is 3. The molecule has 2 N–H and O–H groups in total. The third-order valence-corrected chi connectivity index (χ3v) is 3.40. The van der Waals surface area contributed by atoms with Gasteiger partial charge in [-0.15, -0.1) is 0 Å². The zero-order valence-corrected chi connectivity index (χ0v) is 11.4. The predicted molar refractivity (Wildman–Crippen MR) is 71.6 cm³/mol. The fraction of sp³-hybridized carbons (Fsp3) is 0.429. The summed E-state index contributed by atoms with van der Waals surface area (Å²) in [6.45, 7) is 3.20. The molecular weight excluding hydrogens is 263 g/mol. The number of nitrogens with one attached hydrogen (secondary N) is 1. The lowest BCUT2D eigenvalue weighted by molar-refractivity contribution is -0.132. The molecule has 2 amide bonds. The maximum atomic E-state index is 14.2. The summed E-state index contributed by atoms with van der Waals surface area (Å²) >= 11 is 0. The topological polar surface area (TPSA) is 69.6 Å². The van der Waals surface area contributed by atoms with Gasteiger partial charge in [0.15, 0.2) is 0 Å². The summed E-state index contributed by atoms with van der Waals surface area (Å²) < 4.78 is 14.2. The van der Waals surface area contributed by atoms with Gasteiger partial charge in [-0.3, -0.25) is 14.9 Å². The number of carbonyl (C=O) groups is 2. The van der Waals surface area contributed by atoms with E-state index < -0.39 is 29.8 Å². The molecular formula is C14H17FN2O3. The smallest absolute Gasteiger partial charge is 0.249 e. The van der Waals surface area contributed by atoms with Crippen molar-refractivity contribution in [2.45, 2.75) is 32.4 Å². The van der Waals surface area contributed by atoms with E-state index in [1.807, 2.05) is 0 Å². The monoisotopic (exact) mass is 280 g/mol. The van der Waals surface area contributed by atoms with E-state index in [0.717, 1.165) is 0 Å². The lowest BCUT2D eigenvalue weighted by Crippen LogP contribution is -2.58. The van der Waals surface area contributed by atoms with Crippen LogP contribution < -0.4 is 10.2 Å². The highest BCUT2D eigenvalue weighted by Gasteiger charge is 2.35. The molecule has 20 heavy (non-hydrogen) atoms. The van der Waals surface area contributed by atoms with Crippen LogP contribution in [0.5, 0.6) is 0 Å². The Balaban J connectivity index is 2.53. The van der Waals surface area contributed by atoms with E-state index in [1.165, 1.54) is 24.0 Å². The van der Waals surface area contributed by atoms with Gasteiger partial charge in [0.25, 0.3) is 0 Å². The standard InChI is InChI=1S/C14H17FN2O3/c1-3-11-14(20)16-12(19)7-17(11)13-9(8(2)18)5-4-6-10(13)15/h4-6,8,11,18H,3,7H2,1-2H3,(H,16,19,20)/t8-,11?/m1/s1. The van der Waals surface area contributed by atoms with Crippen molar-refractivity contribution in [2.24, 2.45) is 0 Å². The Labute approximate surface area is 116 Å². The van der Waals surface area contributed by atoms with Crippen LogP contribution in [0.25, 0.3) is 0 Å². The molecule has 2 rings (SSSR count). The molecule has 1 aromatic rings. The van der Waals surface area contributed by atoms with Gasteiger partial charge < -0.3 is 10.0 Å². The minimum atomic E-state index is -0.890. The highest BCUT2D eigenvalue weighted by Crippen LogP contribution is 2.32. The molecule has 0 spiro atoms. The minimum Gasteiger partial charge on any atom is -0.389 e. The van der Waals surface area contributed by atoms with Crippen molar-refractivity contribution in [1.29, 1.82) is 0 Å². The fourth-order valence-corrected chi connectivity index (χ4v) is 2.48. The van der Waals surface area contributed by atoms with E-state index in [-0.39, 0.29) is 12.2 Å². The van der Waals surface area contributed by atoms with Crippen molar-refractivity contribution >= 4 is 17.5 Å². The van der Waals surface area contributed by atoms with Crippen LogP contribution in [0.15, 0.2) is 18.2 Å². The predicted octanol–water partition coefficient (Wildman–Crippen LogP) is 1.12. The average Bonchev–Trinajstić information content (AvgIpc) is 2.37. The van der Waals surface area contributed by atoms with Gasteiger partial charge in [0.05, 0.1) is 18.3 Å². The van der Waals surface area contributed by atoms with Gasteiger partial charge >= 0.3 is 0 Å². The van der Waals surface area contributed by atoms with Gasteiger partial charge in [-0.25, -0.2) is 4.39 Å². The van der Waals surface area contributed by atoms with Crippen molar-refractivity contribution in [1.82, 2.24) is 5.32 Å². The molecule has 0 aliphatic carbocycles. The zero-order chi connectivity index (χ0) is 14.9. The first-order valence-corrected chi connectivity index (χ1v) is 6.52. The van der Waals surface area contributed by atoms with E-state index in [4.69, 9.17) is 0 Å². The molecule has 5 nitrogen and oxygen atoms in total. The lowest BCUT2D eigenvalue weighted by atomic mass is 10.0. The molecule has 1 unspecified atom stereocenters. The van der Waals surface area contributed by atoms with Gasteiger partial charge in [0.2, 0.25) is 11.8 Å². The number of benzene rings is 1. The Morgan fingerprint density at radius 3 is 2.80 bits per heavy atom. The first-order chi connectivity index (χ1) is 9.45. The van der Waals surface area contributed by atoms with Crippen LogP contribution >= 0.6 is 0 Å². The number of aliphatic hydroxyl groups is 1. The molecule has 1 fully saturated rings. The molecule has 1 heterocycles. The lowest BCUT2D eigenvalue weighted by Gasteiger charge is -2.36. The van der Waals surface area contributed by atoms with E-state index in [0.29, 0.717) is 12.0 Å². The molecule has 1 aliphatic rings. The van der Waals surface area contributed by atoms with Crippen molar-refractivity contribution in [3.05, 3.63) is 29.6 Å². The summed E-state index contributed by atoms with van der Waals surface area (Å²) in [5.41, 5.74) is 0.489. The summed E-state index contributed by atoms with van der Waals surface area (Å²) in [4.78, 5) is 24.8. The Hall–Kier alpha value is -1.95. The van der Waals surface area contributed by atoms with Crippen molar-refractivity contribution < 1.29 is 19.1 Å². The highest BCUT2D eigenvalue weighted by atomic mass is 19.1. The number of halogens is 1. The van der Waals surface area contributed by atoms with Crippen LogP contribution in [0, 0.1) is 5.82 Å². The number of piperazine rings is 1. The highest BCUT2D eigenvalue weighted by molar-refractivity contribution is 6.04. The number of aliphatic hydroxyl groups excluding tert-OH is 1. The normalized spacial score (nSPS) is 20.8.